The lowest BCUT2D eigenvalue weighted by Gasteiger charge is -2.27. The number of pyridine rings is 1. The first-order chi connectivity index (χ1) is 12.2. The molecule has 8 nitrogen and oxygen atoms in total. The van der Waals surface area contributed by atoms with Crippen LogP contribution in [0, 0.1) is 0 Å². The van der Waals surface area contributed by atoms with Gasteiger partial charge in [-0.05, 0) is 48.0 Å². The molecule has 0 amide bonds. The fourth-order valence-corrected chi connectivity index (χ4v) is 3.06. The second-order valence-corrected chi connectivity index (χ2v) is 5.69. The van der Waals surface area contributed by atoms with Crippen LogP contribution < -0.4 is 5.32 Å². The maximum Gasteiger partial charge on any atom is 0.338 e. The van der Waals surface area contributed by atoms with Gasteiger partial charge < -0.3 is 10.1 Å². The zero-order chi connectivity index (χ0) is 17.4. The molecule has 8 heteroatoms. The number of benzene rings is 1. The van der Waals surface area contributed by atoms with Crippen LogP contribution in [-0.2, 0) is 9.53 Å². The maximum absolute atomic E-state index is 12.6. The van der Waals surface area contributed by atoms with Crippen molar-refractivity contribution in [2.24, 2.45) is 0 Å². The molecule has 126 valence electrons. The van der Waals surface area contributed by atoms with Crippen molar-refractivity contribution in [3.05, 3.63) is 53.4 Å². The summed E-state index contributed by atoms with van der Waals surface area (Å²) in [5, 5.41) is 15.8. The van der Waals surface area contributed by atoms with Crippen LogP contribution in [-0.4, -0.2) is 37.8 Å². The van der Waals surface area contributed by atoms with E-state index in [9.17, 15) is 4.79 Å². The Kier molecular flexibility index (Phi) is 3.64. The third-order valence-corrected chi connectivity index (χ3v) is 4.15. The lowest BCUT2D eigenvalue weighted by atomic mass is 9.94. The Morgan fingerprint density at radius 2 is 2.24 bits per heavy atom. The van der Waals surface area contributed by atoms with Gasteiger partial charge >= 0.3 is 5.97 Å². The molecular weight excluding hydrogens is 320 g/mol. The summed E-state index contributed by atoms with van der Waals surface area (Å²) in [6, 6.07) is 9.25. The van der Waals surface area contributed by atoms with E-state index in [2.05, 4.69) is 25.8 Å². The highest BCUT2D eigenvalue weighted by atomic mass is 16.5. The van der Waals surface area contributed by atoms with Crippen molar-refractivity contribution < 1.29 is 9.53 Å². The molecule has 1 aliphatic rings. The largest absolute Gasteiger partial charge is 0.463 e. The van der Waals surface area contributed by atoms with Crippen molar-refractivity contribution in [3.8, 4) is 0 Å². The molecule has 4 rings (SSSR count). The highest BCUT2D eigenvalue weighted by Crippen LogP contribution is 2.35. The molecule has 0 saturated heterocycles. The Hall–Kier alpha value is -3.29. The Balaban J connectivity index is 1.89. The fraction of sp³-hybridized carbons (Fsp3) is 0.235. The minimum absolute atomic E-state index is 0.298. The van der Waals surface area contributed by atoms with E-state index in [0.717, 1.165) is 16.5 Å². The summed E-state index contributed by atoms with van der Waals surface area (Å²) in [6.45, 7) is 3.90. The van der Waals surface area contributed by atoms with E-state index in [1.54, 1.807) is 17.8 Å². The molecule has 3 heterocycles. The molecule has 2 aromatic heterocycles. The Labute approximate surface area is 143 Å². The SMILES string of the molecule is CCOC(=O)C1=C(C)Nc2nnnn2C1c1ccc2ncccc2c1. The predicted molar refractivity (Wildman–Crippen MR) is 90.7 cm³/mol. The maximum atomic E-state index is 12.6. The summed E-state index contributed by atoms with van der Waals surface area (Å²) in [5.41, 5.74) is 2.94. The van der Waals surface area contributed by atoms with Gasteiger partial charge in [0.2, 0.25) is 5.95 Å². The lowest BCUT2D eigenvalue weighted by Crippen LogP contribution is -2.29. The molecule has 0 spiro atoms. The van der Waals surface area contributed by atoms with Crippen LogP contribution in [0.25, 0.3) is 10.9 Å². The minimum atomic E-state index is -0.463. The van der Waals surface area contributed by atoms with E-state index in [1.165, 1.54) is 0 Å². The van der Waals surface area contributed by atoms with E-state index < -0.39 is 6.04 Å². The quantitative estimate of drug-likeness (QED) is 0.732. The second kappa shape index (κ2) is 5.97. The third kappa shape index (κ3) is 2.51. The molecular formula is C17H16N6O2. The fourth-order valence-electron chi connectivity index (χ4n) is 3.06. The number of aromatic nitrogens is 5. The predicted octanol–water partition coefficient (Wildman–Crippen LogP) is 2.07. The normalized spacial score (nSPS) is 16.5. The summed E-state index contributed by atoms with van der Waals surface area (Å²) in [5.74, 6) is 0.103. The first kappa shape index (κ1) is 15.3. The third-order valence-electron chi connectivity index (χ3n) is 4.15. The van der Waals surface area contributed by atoms with Crippen molar-refractivity contribution in [2.75, 3.05) is 11.9 Å². The van der Waals surface area contributed by atoms with Gasteiger partial charge in [0.25, 0.3) is 0 Å². The zero-order valence-corrected chi connectivity index (χ0v) is 13.8. The molecule has 1 N–H and O–H groups in total. The lowest BCUT2D eigenvalue weighted by molar-refractivity contribution is -0.139. The van der Waals surface area contributed by atoms with Crippen LogP contribution in [0.5, 0.6) is 0 Å². The molecule has 25 heavy (non-hydrogen) atoms. The highest BCUT2D eigenvalue weighted by molar-refractivity contribution is 5.92. The van der Waals surface area contributed by atoms with Crippen molar-refractivity contribution in [3.63, 3.8) is 0 Å². The van der Waals surface area contributed by atoms with Crippen LogP contribution in [0.15, 0.2) is 47.8 Å². The van der Waals surface area contributed by atoms with Crippen LogP contribution >= 0.6 is 0 Å². The number of carbonyl (C=O) groups is 1. The summed E-state index contributed by atoms with van der Waals surface area (Å²) >= 11 is 0. The van der Waals surface area contributed by atoms with Crippen LogP contribution in [0.2, 0.25) is 0 Å². The van der Waals surface area contributed by atoms with Gasteiger partial charge in [-0.2, -0.15) is 4.68 Å². The number of allylic oxidation sites excluding steroid dienone is 1. The number of tetrazole rings is 1. The Morgan fingerprint density at radius 3 is 3.08 bits per heavy atom. The van der Waals surface area contributed by atoms with Gasteiger partial charge in [0, 0.05) is 17.3 Å². The zero-order valence-electron chi connectivity index (χ0n) is 13.8. The number of fused-ring (bicyclic) bond motifs is 2. The Bertz CT molecular complexity index is 993. The topological polar surface area (TPSA) is 94.8 Å². The molecule has 0 radical (unpaired) electrons. The number of esters is 1. The molecule has 1 unspecified atom stereocenters. The van der Waals surface area contributed by atoms with Crippen LogP contribution in [0.1, 0.15) is 25.5 Å². The van der Waals surface area contributed by atoms with E-state index in [4.69, 9.17) is 4.74 Å². The standard InChI is InChI=1S/C17H16N6O2/c1-3-25-16(24)14-10(2)19-17-20-21-22-23(17)15(14)12-6-7-13-11(9-12)5-4-8-18-13/h4-9,15H,3H2,1-2H3,(H,19,20,22). The second-order valence-electron chi connectivity index (χ2n) is 5.69. The molecule has 0 saturated carbocycles. The van der Waals surface area contributed by atoms with Crippen molar-refractivity contribution in [1.82, 2.24) is 25.2 Å². The molecule has 1 atom stereocenters. The number of nitrogens with one attached hydrogen (secondary N) is 1. The van der Waals surface area contributed by atoms with Gasteiger partial charge in [0.1, 0.15) is 6.04 Å². The number of rotatable bonds is 3. The molecule has 0 fully saturated rings. The summed E-state index contributed by atoms with van der Waals surface area (Å²) in [6.07, 6.45) is 1.75. The number of ether oxygens (including phenoxy) is 1. The van der Waals surface area contributed by atoms with E-state index >= 15 is 0 Å². The van der Waals surface area contributed by atoms with Crippen molar-refractivity contribution >= 4 is 22.8 Å². The molecule has 1 aromatic carbocycles. The summed E-state index contributed by atoms with van der Waals surface area (Å²) in [7, 11) is 0. The molecule has 0 aliphatic carbocycles. The Morgan fingerprint density at radius 1 is 1.36 bits per heavy atom. The first-order valence-corrected chi connectivity index (χ1v) is 7.96. The smallest absolute Gasteiger partial charge is 0.338 e. The van der Waals surface area contributed by atoms with Crippen LogP contribution in [0.3, 0.4) is 0 Å². The first-order valence-electron chi connectivity index (χ1n) is 7.96. The van der Waals surface area contributed by atoms with Gasteiger partial charge in [-0.3, -0.25) is 4.98 Å². The number of carbonyl (C=O) groups excluding carboxylic acids is 1. The van der Waals surface area contributed by atoms with E-state index in [1.807, 2.05) is 37.3 Å². The van der Waals surface area contributed by atoms with Gasteiger partial charge in [0.15, 0.2) is 0 Å². The van der Waals surface area contributed by atoms with Gasteiger partial charge in [-0.1, -0.05) is 17.2 Å². The summed E-state index contributed by atoms with van der Waals surface area (Å²) < 4.78 is 6.85. The number of nitrogens with zero attached hydrogens (tertiary/aromatic N) is 5. The number of hydrogen-bond acceptors (Lipinski definition) is 7. The summed E-state index contributed by atoms with van der Waals surface area (Å²) in [4.78, 5) is 16.9. The van der Waals surface area contributed by atoms with Gasteiger partial charge in [-0.15, -0.1) is 0 Å². The number of hydrogen-bond donors (Lipinski definition) is 1. The molecule has 1 aliphatic heterocycles. The molecule has 3 aromatic rings. The number of anilines is 1. The van der Waals surface area contributed by atoms with Crippen molar-refractivity contribution in [1.29, 1.82) is 0 Å². The van der Waals surface area contributed by atoms with E-state index in [-0.39, 0.29) is 5.97 Å². The van der Waals surface area contributed by atoms with Crippen LogP contribution in [0.4, 0.5) is 5.95 Å². The monoisotopic (exact) mass is 336 g/mol. The van der Waals surface area contributed by atoms with Gasteiger partial charge in [0.05, 0.1) is 17.7 Å². The average molecular weight is 336 g/mol. The highest BCUT2D eigenvalue weighted by Gasteiger charge is 2.34. The average Bonchev–Trinajstić information content (AvgIpc) is 3.08. The molecule has 0 bridgehead atoms. The van der Waals surface area contributed by atoms with Crippen molar-refractivity contribution in [2.45, 2.75) is 19.9 Å². The van der Waals surface area contributed by atoms with E-state index in [0.29, 0.717) is 23.8 Å². The minimum Gasteiger partial charge on any atom is -0.463 e. The van der Waals surface area contributed by atoms with Gasteiger partial charge in [-0.25, -0.2) is 4.79 Å².